The van der Waals surface area contributed by atoms with Gasteiger partial charge >= 0.3 is 0 Å². The maximum absolute atomic E-state index is 13.9. The van der Waals surface area contributed by atoms with Crippen LogP contribution >= 0.6 is 0 Å². The molecule has 3 rings (SSSR count). The molecule has 2 aliphatic carbocycles. The zero-order chi connectivity index (χ0) is 13.9. The van der Waals surface area contributed by atoms with Gasteiger partial charge < -0.3 is 4.74 Å². The zero-order valence-electron chi connectivity index (χ0n) is 11.6. The van der Waals surface area contributed by atoms with Gasteiger partial charge in [-0.05, 0) is 55.6 Å². The fraction of sp³-hybridized carbons (Fsp3) is 0.529. The second-order valence-electron chi connectivity index (χ2n) is 5.93. The van der Waals surface area contributed by atoms with E-state index in [4.69, 9.17) is 4.74 Å². The SMILES string of the molecule is Fc1c(C/C=C/C2CCC2)ccc(OCC2CC2)c1F. The van der Waals surface area contributed by atoms with Crippen LogP contribution in [0.25, 0.3) is 0 Å². The summed E-state index contributed by atoms with van der Waals surface area (Å²) in [6.07, 6.45) is 10.5. The first kappa shape index (κ1) is 13.6. The van der Waals surface area contributed by atoms with Crippen molar-refractivity contribution in [2.75, 3.05) is 6.61 Å². The van der Waals surface area contributed by atoms with Crippen LogP contribution in [0.15, 0.2) is 24.3 Å². The molecule has 0 atom stereocenters. The van der Waals surface area contributed by atoms with Gasteiger partial charge in [-0.2, -0.15) is 4.39 Å². The van der Waals surface area contributed by atoms with E-state index in [-0.39, 0.29) is 5.75 Å². The van der Waals surface area contributed by atoms with Crippen molar-refractivity contribution in [1.29, 1.82) is 0 Å². The molecule has 0 aliphatic heterocycles. The van der Waals surface area contributed by atoms with Gasteiger partial charge in [-0.15, -0.1) is 0 Å². The molecule has 108 valence electrons. The smallest absolute Gasteiger partial charge is 0.200 e. The molecule has 0 saturated heterocycles. The van der Waals surface area contributed by atoms with Gasteiger partial charge in [-0.25, -0.2) is 4.39 Å². The van der Waals surface area contributed by atoms with Crippen molar-refractivity contribution < 1.29 is 13.5 Å². The average molecular weight is 278 g/mol. The van der Waals surface area contributed by atoms with Gasteiger partial charge in [0.2, 0.25) is 5.82 Å². The standard InChI is InChI=1S/C17H20F2O/c18-16-14(6-2-5-12-3-1-4-12)9-10-15(17(16)19)20-11-13-7-8-13/h2,5,9-10,12-13H,1,3-4,6-8,11H2/b5-2+. The minimum Gasteiger partial charge on any atom is -0.490 e. The first-order valence-electron chi connectivity index (χ1n) is 7.50. The minimum atomic E-state index is -0.847. The Morgan fingerprint density at radius 3 is 2.55 bits per heavy atom. The summed E-state index contributed by atoms with van der Waals surface area (Å²) in [6, 6.07) is 3.18. The molecule has 0 N–H and O–H groups in total. The normalized spacial score (nSPS) is 19.3. The Morgan fingerprint density at radius 1 is 1.10 bits per heavy atom. The van der Waals surface area contributed by atoms with Crippen LogP contribution in [-0.4, -0.2) is 6.61 Å². The first-order valence-corrected chi connectivity index (χ1v) is 7.50. The van der Waals surface area contributed by atoms with Crippen molar-refractivity contribution in [2.24, 2.45) is 11.8 Å². The number of hydrogen-bond acceptors (Lipinski definition) is 1. The third-order valence-corrected chi connectivity index (χ3v) is 4.19. The summed E-state index contributed by atoms with van der Waals surface area (Å²) in [6.45, 7) is 0.497. The number of rotatable bonds is 6. The molecule has 1 aromatic rings. The first-order chi connectivity index (χ1) is 9.74. The van der Waals surface area contributed by atoms with Gasteiger partial charge in [0.15, 0.2) is 11.6 Å². The van der Waals surface area contributed by atoms with Gasteiger partial charge in [-0.3, -0.25) is 0 Å². The lowest BCUT2D eigenvalue weighted by molar-refractivity contribution is 0.280. The third-order valence-electron chi connectivity index (χ3n) is 4.19. The second-order valence-corrected chi connectivity index (χ2v) is 5.93. The van der Waals surface area contributed by atoms with Crippen LogP contribution in [0.2, 0.25) is 0 Å². The predicted molar refractivity (Wildman–Crippen MR) is 74.8 cm³/mol. The molecule has 0 spiro atoms. The van der Waals surface area contributed by atoms with Crippen LogP contribution in [0.4, 0.5) is 8.78 Å². The van der Waals surface area contributed by atoms with E-state index in [0.29, 0.717) is 30.4 Å². The molecular weight excluding hydrogens is 258 g/mol. The summed E-state index contributed by atoms with van der Waals surface area (Å²) in [5, 5.41) is 0. The van der Waals surface area contributed by atoms with Gasteiger partial charge in [0.25, 0.3) is 0 Å². The van der Waals surface area contributed by atoms with Crippen LogP contribution < -0.4 is 4.74 Å². The van der Waals surface area contributed by atoms with Crippen LogP contribution in [0.5, 0.6) is 5.75 Å². The highest BCUT2D eigenvalue weighted by atomic mass is 19.2. The van der Waals surface area contributed by atoms with Crippen molar-refractivity contribution in [3.63, 3.8) is 0 Å². The molecule has 1 aromatic carbocycles. The van der Waals surface area contributed by atoms with Crippen molar-refractivity contribution in [3.05, 3.63) is 41.5 Å². The summed E-state index contributed by atoms with van der Waals surface area (Å²) in [4.78, 5) is 0. The fourth-order valence-corrected chi connectivity index (χ4v) is 2.35. The lowest BCUT2D eigenvalue weighted by atomic mass is 9.85. The molecular formula is C17H20F2O. The molecule has 0 aromatic heterocycles. The molecule has 20 heavy (non-hydrogen) atoms. The molecule has 0 amide bonds. The highest BCUT2D eigenvalue weighted by molar-refractivity contribution is 5.32. The van der Waals surface area contributed by atoms with Crippen LogP contribution in [0.3, 0.4) is 0 Å². The lowest BCUT2D eigenvalue weighted by Gasteiger charge is -2.21. The molecule has 2 aliphatic rings. The van der Waals surface area contributed by atoms with E-state index in [9.17, 15) is 8.78 Å². The molecule has 0 unspecified atom stereocenters. The largest absolute Gasteiger partial charge is 0.490 e. The van der Waals surface area contributed by atoms with Gasteiger partial charge in [-0.1, -0.05) is 24.6 Å². The number of ether oxygens (including phenoxy) is 1. The Morgan fingerprint density at radius 2 is 1.90 bits per heavy atom. The Labute approximate surface area is 118 Å². The van der Waals surface area contributed by atoms with Crippen LogP contribution in [-0.2, 0) is 6.42 Å². The monoisotopic (exact) mass is 278 g/mol. The minimum absolute atomic E-state index is 0.0427. The highest BCUT2D eigenvalue weighted by Gasteiger charge is 2.23. The topological polar surface area (TPSA) is 9.23 Å². The summed E-state index contributed by atoms with van der Waals surface area (Å²) < 4.78 is 33.1. The van der Waals surface area contributed by atoms with E-state index in [1.807, 2.05) is 6.08 Å². The Bertz CT molecular complexity index is 502. The number of allylic oxidation sites excluding steroid dienone is 2. The van der Waals surface area contributed by atoms with E-state index >= 15 is 0 Å². The summed E-state index contributed by atoms with van der Waals surface area (Å²) in [7, 11) is 0. The number of halogens is 2. The molecule has 0 bridgehead atoms. The van der Waals surface area contributed by atoms with Gasteiger partial charge in [0.1, 0.15) is 0 Å². The Hall–Kier alpha value is -1.38. The quantitative estimate of drug-likeness (QED) is 0.688. The summed E-state index contributed by atoms with van der Waals surface area (Å²) >= 11 is 0. The third kappa shape index (κ3) is 3.20. The molecule has 1 nitrogen and oxygen atoms in total. The fourth-order valence-electron chi connectivity index (χ4n) is 2.35. The molecule has 0 heterocycles. The maximum atomic E-state index is 13.9. The Balaban J connectivity index is 1.61. The summed E-state index contributed by atoms with van der Waals surface area (Å²) in [5.74, 6) is -0.399. The van der Waals surface area contributed by atoms with Gasteiger partial charge in [0.05, 0.1) is 6.61 Å². The van der Waals surface area contributed by atoms with E-state index in [0.717, 1.165) is 12.8 Å². The van der Waals surface area contributed by atoms with E-state index in [1.54, 1.807) is 12.1 Å². The van der Waals surface area contributed by atoms with Crippen LogP contribution in [0, 0.1) is 23.5 Å². The molecule has 3 heteroatoms. The van der Waals surface area contributed by atoms with E-state index in [1.165, 1.54) is 19.3 Å². The molecule has 2 saturated carbocycles. The zero-order valence-corrected chi connectivity index (χ0v) is 11.6. The molecule has 2 fully saturated rings. The Kier molecular flexibility index (Phi) is 4.04. The predicted octanol–water partition coefficient (Wildman–Crippen LogP) is 4.65. The van der Waals surface area contributed by atoms with Crippen molar-refractivity contribution in [2.45, 2.75) is 38.5 Å². The average Bonchev–Trinajstić information content (AvgIpc) is 3.20. The summed E-state index contributed by atoms with van der Waals surface area (Å²) in [5.41, 5.74) is 0.400. The van der Waals surface area contributed by atoms with Crippen LogP contribution in [0.1, 0.15) is 37.7 Å². The number of benzene rings is 1. The molecule has 0 radical (unpaired) electrons. The highest BCUT2D eigenvalue weighted by Crippen LogP contribution is 2.31. The lowest BCUT2D eigenvalue weighted by Crippen LogP contribution is -2.07. The van der Waals surface area contributed by atoms with Gasteiger partial charge in [0, 0.05) is 0 Å². The van der Waals surface area contributed by atoms with Crippen molar-refractivity contribution in [3.8, 4) is 5.75 Å². The number of hydrogen-bond donors (Lipinski definition) is 0. The van der Waals surface area contributed by atoms with E-state index < -0.39 is 11.6 Å². The van der Waals surface area contributed by atoms with Crippen molar-refractivity contribution >= 4 is 0 Å². The van der Waals surface area contributed by atoms with Crippen molar-refractivity contribution in [1.82, 2.24) is 0 Å². The second kappa shape index (κ2) is 5.94. The van der Waals surface area contributed by atoms with E-state index in [2.05, 4.69) is 6.08 Å². The maximum Gasteiger partial charge on any atom is 0.200 e.